The van der Waals surface area contributed by atoms with Crippen LogP contribution in [0.1, 0.15) is 86.9 Å². The molecule has 40 heavy (non-hydrogen) atoms. The first-order chi connectivity index (χ1) is 19.2. The van der Waals surface area contributed by atoms with Crippen LogP contribution in [0.2, 0.25) is 0 Å². The average Bonchev–Trinajstić information content (AvgIpc) is 2.94. The molecule has 212 valence electrons. The van der Waals surface area contributed by atoms with Gasteiger partial charge in [-0.1, -0.05) is 63.1 Å². The van der Waals surface area contributed by atoms with Gasteiger partial charge in [0.05, 0.1) is 11.1 Å². The van der Waals surface area contributed by atoms with Crippen molar-refractivity contribution in [3.8, 4) is 5.75 Å². The second kappa shape index (κ2) is 15.0. The zero-order valence-electron chi connectivity index (χ0n) is 24.0. The Morgan fingerprint density at radius 2 is 1.62 bits per heavy atom. The Bertz CT molecular complexity index is 1310. The van der Waals surface area contributed by atoms with Gasteiger partial charge in [0.1, 0.15) is 5.75 Å². The molecule has 1 amide bonds. The number of rotatable bonds is 15. The molecule has 2 aromatic carbocycles. The van der Waals surface area contributed by atoms with E-state index in [1.165, 1.54) is 12.0 Å². The number of unbranched alkanes of at least 4 members (excludes halogenated alkanes) is 3. The lowest BCUT2D eigenvalue weighted by molar-refractivity contribution is -0.151. The standard InChI is InChI=1S/C34H42N2O4/c1-4-34(5-2,33(39)40)24-32(38)36-30-17-10-13-27(23-30)18-20-29-16-11-15-28(35-29)14-9-7-6-8-12-26-19-21-31(37)25(3)22-26/h10-11,13,15-23,37H,4-9,12,14,24H2,1-3H3,(H,36,38)(H,39,40). The molecule has 1 heterocycles. The fourth-order valence-electron chi connectivity index (χ4n) is 4.88. The molecule has 0 radical (unpaired) electrons. The maximum atomic E-state index is 12.6. The second-order valence-electron chi connectivity index (χ2n) is 10.6. The molecule has 0 unspecified atom stereocenters. The molecule has 3 rings (SSSR count). The van der Waals surface area contributed by atoms with Crippen LogP contribution < -0.4 is 5.32 Å². The molecule has 3 aromatic rings. The van der Waals surface area contributed by atoms with Crippen LogP contribution in [0, 0.1) is 12.3 Å². The third-order valence-electron chi connectivity index (χ3n) is 7.66. The van der Waals surface area contributed by atoms with E-state index in [0.717, 1.165) is 54.6 Å². The van der Waals surface area contributed by atoms with Crippen LogP contribution in [0.4, 0.5) is 5.69 Å². The average molecular weight is 543 g/mol. The molecule has 0 saturated carbocycles. The van der Waals surface area contributed by atoms with E-state index in [4.69, 9.17) is 4.98 Å². The van der Waals surface area contributed by atoms with E-state index >= 15 is 0 Å². The van der Waals surface area contributed by atoms with Crippen LogP contribution in [0.25, 0.3) is 12.2 Å². The number of carbonyl (C=O) groups excluding carboxylic acids is 1. The van der Waals surface area contributed by atoms with Crippen LogP contribution in [-0.4, -0.2) is 27.1 Å². The molecular weight excluding hydrogens is 500 g/mol. The number of anilines is 1. The maximum absolute atomic E-state index is 12.6. The van der Waals surface area contributed by atoms with E-state index in [-0.39, 0.29) is 12.3 Å². The highest BCUT2D eigenvalue weighted by molar-refractivity contribution is 5.94. The molecule has 0 fully saturated rings. The molecule has 3 N–H and O–H groups in total. The largest absolute Gasteiger partial charge is 0.508 e. The van der Waals surface area contributed by atoms with Crippen molar-refractivity contribution >= 4 is 29.7 Å². The topological polar surface area (TPSA) is 99.5 Å². The first-order valence-corrected chi connectivity index (χ1v) is 14.3. The van der Waals surface area contributed by atoms with Crippen molar-refractivity contribution in [1.82, 2.24) is 4.98 Å². The van der Waals surface area contributed by atoms with Crippen LogP contribution >= 0.6 is 0 Å². The van der Waals surface area contributed by atoms with E-state index in [0.29, 0.717) is 24.3 Å². The molecular formula is C34H42N2O4. The number of nitrogens with zero attached hydrogens (tertiary/aromatic N) is 1. The molecule has 0 atom stereocenters. The number of amides is 1. The molecule has 1 aromatic heterocycles. The van der Waals surface area contributed by atoms with Crippen LogP contribution in [0.5, 0.6) is 5.75 Å². The SMILES string of the molecule is CCC(CC)(CC(=O)Nc1cccc(C=Cc2cccc(CCCCCCc3ccc(O)c(C)c3)n2)c1)C(=O)O. The summed E-state index contributed by atoms with van der Waals surface area (Å²) >= 11 is 0. The maximum Gasteiger partial charge on any atom is 0.310 e. The summed E-state index contributed by atoms with van der Waals surface area (Å²) in [6.45, 7) is 5.55. The molecule has 6 heteroatoms. The quantitative estimate of drug-likeness (QED) is 0.170. The minimum absolute atomic E-state index is 0.0514. The van der Waals surface area contributed by atoms with Crippen molar-refractivity contribution in [1.29, 1.82) is 0 Å². The van der Waals surface area contributed by atoms with Gasteiger partial charge in [-0.3, -0.25) is 14.6 Å². The lowest BCUT2D eigenvalue weighted by atomic mass is 9.79. The molecule has 0 aliphatic heterocycles. The Morgan fingerprint density at radius 3 is 2.33 bits per heavy atom. The Hall–Kier alpha value is -3.93. The van der Waals surface area contributed by atoms with Crippen molar-refractivity contribution in [2.45, 2.75) is 78.6 Å². The van der Waals surface area contributed by atoms with Gasteiger partial charge in [0, 0.05) is 17.8 Å². The van der Waals surface area contributed by atoms with Crippen LogP contribution in [0.15, 0.2) is 60.7 Å². The number of carboxylic acids is 1. The highest BCUT2D eigenvalue weighted by atomic mass is 16.4. The number of pyridine rings is 1. The predicted octanol–water partition coefficient (Wildman–Crippen LogP) is 7.83. The van der Waals surface area contributed by atoms with E-state index in [9.17, 15) is 19.8 Å². The molecule has 0 aliphatic carbocycles. The number of nitrogens with one attached hydrogen (secondary N) is 1. The number of carboxylic acid groups (broad SMARTS) is 1. The van der Waals surface area contributed by atoms with Crippen molar-refractivity contribution in [2.75, 3.05) is 5.32 Å². The van der Waals surface area contributed by atoms with Crippen LogP contribution in [-0.2, 0) is 22.4 Å². The van der Waals surface area contributed by atoms with Gasteiger partial charge < -0.3 is 15.5 Å². The zero-order valence-corrected chi connectivity index (χ0v) is 24.0. The summed E-state index contributed by atoms with van der Waals surface area (Å²) in [5, 5.41) is 22.1. The van der Waals surface area contributed by atoms with Gasteiger partial charge in [0.2, 0.25) is 5.91 Å². The number of phenols is 1. The number of aliphatic carboxylic acids is 1. The summed E-state index contributed by atoms with van der Waals surface area (Å²) in [4.78, 5) is 29.1. The third kappa shape index (κ3) is 9.08. The summed E-state index contributed by atoms with van der Waals surface area (Å²) in [5.74, 6) is -0.868. The molecule has 6 nitrogen and oxygen atoms in total. The number of phenolic OH excluding ortho intramolecular Hbond substituents is 1. The van der Waals surface area contributed by atoms with E-state index in [2.05, 4.69) is 17.4 Å². The number of hydrogen-bond donors (Lipinski definition) is 3. The Kier molecular flexibility index (Phi) is 11.5. The van der Waals surface area contributed by atoms with Gasteiger partial charge in [-0.05, 0) is 98.5 Å². The van der Waals surface area contributed by atoms with E-state index in [1.807, 2.05) is 55.5 Å². The smallest absolute Gasteiger partial charge is 0.310 e. The van der Waals surface area contributed by atoms with E-state index in [1.54, 1.807) is 26.0 Å². The number of carbonyl (C=O) groups is 2. The van der Waals surface area contributed by atoms with E-state index < -0.39 is 11.4 Å². The molecule has 0 spiro atoms. The third-order valence-corrected chi connectivity index (χ3v) is 7.66. The Morgan fingerprint density at radius 1 is 0.900 bits per heavy atom. The fraction of sp³-hybridized carbons (Fsp3) is 0.382. The summed E-state index contributed by atoms with van der Waals surface area (Å²) in [5.41, 5.74) is 4.69. The first kappa shape index (κ1) is 30.6. The lowest BCUT2D eigenvalue weighted by Gasteiger charge is -2.25. The fourth-order valence-corrected chi connectivity index (χ4v) is 4.88. The normalized spacial score (nSPS) is 11.6. The number of benzene rings is 2. The summed E-state index contributed by atoms with van der Waals surface area (Å²) in [7, 11) is 0. The molecule has 0 saturated heterocycles. The Balaban J connectivity index is 1.47. The zero-order chi connectivity index (χ0) is 29.0. The highest BCUT2D eigenvalue weighted by Crippen LogP contribution is 2.31. The first-order valence-electron chi connectivity index (χ1n) is 14.3. The Labute approximate surface area is 238 Å². The monoisotopic (exact) mass is 542 g/mol. The van der Waals surface area contributed by atoms with Crippen LogP contribution in [0.3, 0.4) is 0 Å². The van der Waals surface area contributed by atoms with Gasteiger partial charge in [-0.25, -0.2) is 0 Å². The summed E-state index contributed by atoms with van der Waals surface area (Å²) in [6.07, 6.45) is 11.2. The van der Waals surface area contributed by atoms with Crippen molar-refractivity contribution in [3.05, 3.63) is 88.7 Å². The molecule has 0 aliphatic rings. The van der Waals surface area contributed by atoms with Crippen molar-refractivity contribution < 1.29 is 19.8 Å². The van der Waals surface area contributed by atoms with Gasteiger partial charge in [-0.2, -0.15) is 0 Å². The summed E-state index contributed by atoms with van der Waals surface area (Å²) in [6, 6.07) is 19.4. The molecule has 0 bridgehead atoms. The van der Waals surface area contributed by atoms with Gasteiger partial charge in [-0.15, -0.1) is 0 Å². The van der Waals surface area contributed by atoms with Gasteiger partial charge in [0.15, 0.2) is 0 Å². The minimum atomic E-state index is -1.04. The number of aromatic nitrogens is 1. The number of aromatic hydroxyl groups is 1. The highest BCUT2D eigenvalue weighted by Gasteiger charge is 2.37. The number of aryl methyl sites for hydroxylation is 3. The lowest BCUT2D eigenvalue weighted by Crippen LogP contribution is -2.34. The second-order valence-corrected chi connectivity index (χ2v) is 10.6. The van der Waals surface area contributed by atoms with Crippen molar-refractivity contribution in [3.63, 3.8) is 0 Å². The van der Waals surface area contributed by atoms with Gasteiger partial charge in [0.25, 0.3) is 0 Å². The minimum Gasteiger partial charge on any atom is -0.508 e. The van der Waals surface area contributed by atoms with Crippen molar-refractivity contribution in [2.24, 2.45) is 5.41 Å². The summed E-state index contributed by atoms with van der Waals surface area (Å²) < 4.78 is 0. The van der Waals surface area contributed by atoms with Gasteiger partial charge >= 0.3 is 5.97 Å². The predicted molar refractivity (Wildman–Crippen MR) is 162 cm³/mol. The number of hydrogen-bond acceptors (Lipinski definition) is 4.